The predicted molar refractivity (Wildman–Crippen MR) is 95.6 cm³/mol. The van der Waals surface area contributed by atoms with Crippen LogP contribution in [0.15, 0.2) is 0 Å². The van der Waals surface area contributed by atoms with Gasteiger partial charge in [0, 0.05) is 18.2 Å². The van der Waals surface area contributed by atoms with E-state index in [1.165, 1.54) is 0 Å². The monoisotopic (exact) mass is 386 g/mol. The molecule has 0 heterocycles. The minimum absolute atomic E-state index is 0.0252. The van der Waals surface area contributed by atoms with Crippen LogP contribution in [0.4, 0.5) is 0 Å². The van der Waals surface area contributed by atoms with E-state index >= 15 is 0 Å². The summed E-state index contributed by atoms with van der Waals surface area (Å²) in [6.07, 6.45) is 3.76. The molecule has 0 aromatic carbocycles. The fourth-order valence-corrected chi connectivity index (χ4v) is 4.60. The van der Waals surface area contributed by atoms with E-state index < -0.39 is 13.5 Å². The van der Waals surface area contributed by atoms with Gasteiger partial charge in [0.25, 0.3) is 0 Å². The molecule has 1 rings (SSSR count). The van der Waals surface area contributed by atoms with Crippen molar-refractivity contribution in [2.45, 2.75) is 58.7 Å². The summed E-state index contributed by atoms with van der Waals surface area (Å²) < 4.78 is 5.22. The zero-order chi connectivity index (χ0) is 16.8. The molecule has 0 radical (unpaired) electrons. The lowest BCUT2D eigenvalue weighted by Crippen LogP contribution is -2.50. The Morgan fingerprint density at radius 1 is 1.45 bits per heavy atom. The lowest BCUT2D eigenvalue weighted by molar-refractivity contribution is -0.164. The number of hydrogen-bond acceptors (Lipinski definition) is 3. The molecule has 0 spiro atoms. The number of hydrogen-bond donors (Lipinski definition) is 0. The molecule has 0 aliphatic heterocycles. The molecule has 0 unspecified atom stereocenters. The van der Waals surface area contributed by atoms with Gasteiger partial charge in [-0.2, -0.15) is 0 Å². The van der Waals surface area contributed by atoms with Crippen LogP contribution in [0.3, 0.4) is 0 Å². The Morgan fingerprint density at radius 2 is 2.14 bits per heavy atom. The predicted octanol–water partition coefficient (Wildman–Crippen LogP) is 3.96. The topological polar surface area (TPSA) is 43.4 Å². The van der Waals surface area contributed by atoms with E-state index in [9.17, 15) is 9.59 Å². The summed E-state index contributed by atoms with van der Waals surface area (Å²) in [5.41, 5.74) is 2.34. The third kappa shape index (κ3) is 4.69. The van der Waals surface area contributed by atoms with E-state index in [-0.39, 0.29) is 17.7 Å². The Balaban J connectivity index is 2.90. The standard InChI is InChI=1S/C17H27BrO3Si/c1-5-21-16(20)17(13-18)14(10-8-11-15(17)19)9-6-7-12-22(2,3)4/h14H,5-6,8-11,13H2,1-4H3/t14-,17-/m1/s1. The van der Waals surface area contributed by atoms with Crippen LogP contribution in [0.2, 0.25) is 19.6 Å². The molecular weight excluding hydrogens is 360 g/mol. The molecule has 0 aromatic heterocycles. The van der Waals surface area contributed by atoms with Gasteiger partial charge in [0.05, 0.1) is 6.61 Å². The van der Waals surface area contributed by atoms with Gasteiger partial charge >= 0.3 is 5.97 Å². The largest absolute Gasteiger partial charge is 0.465 e. The Kier molecular flexibility index (Phi) is 7.34. The van der Waals surface area contributed by atoms with Gasteiger partial charge in [0.2, 0.25) is 0 Å². The van der Waals surface area contributed by atoms with Crippen molar-refractivity contribution in [3.63, 3.8) is 0 Å². The quantitative estimate of drug-likeness (QED) is 0.236. The minimum Gasteiger partial charge on any atom is -0.465 e. The van der Waals surface area contributed by atoms with Crippen molar-refractivity contribution in [2.75, 3.05) is 11.9 Å². The van der Waals surface area contributed by atoms with Crippen LogP contribution in [-0.4, -0.2) is 31.8 Å². The van der Waals surface area contributed by atoms with Crippen molar-refractivity contribution in [1.82, 2.24) is 0 Å². The number of ketones is 1. The van der Waals surface area contributed by atoms with Gasteiger partial charge in [0.15, 0.2) is 5.78 Å². The van der Waals surface area contributed by atoms with Gasteiger partial charge in [-0.05, 0) is 32.1 Å². The Morgan fingerprint density at radius 3 is 2.68 bits per heavy atom. The van der Waals surface area contributed by atoms with Crippen LogP contribution in [0.1, 0.15) is 39.0 Å². The second-order valence-electron chi connectivity index (χ2n) is 6.93. The highest BCUT2D eigenvalue weighted by Crippen LogP contribution is 2.43. The summed E-state index contributed by atoms with van der Waals surface area (Å²) in [6.45, 7) is 8.73. The summed E-state index contributed by atoms with van der Waals surface area (Å²) in [7, 11) is -1.36. The van der Waals surface area contributed by atoms with Crippen LogP contribution in [0.5, 0.6) is 0 Å². The smallest absolute Gasteiger partial charge is 0.320 e. The van der Waals surface area contributed by atoms with E-state index in [2.05, 4.69) is 47.0 Å². The van der Waals surface area contributed by atoms with Crippen LogP contribution in [0, 0.1) is 22.8 Å². The van der Waals surface area contributed by atoms with Crippen LogP contribution in [-0.2, 0) is 14.3 Å². The lowest BCUT2D eigenvalue weighted by atomic mass is 9.65. The third-order valence-corrected chi connectivity index (χ3v) is 5.89. The number of carbonyl (C=O) groups is 2. The first kappa shape index (κ1) is 19.4. The number of esters is 1. The van der Waals surface area contributed by atoms with Gasteiger partial charge in [-0.15, -0.1) is 11.5 Å². The van der Waals surface area contributed by atoms with Crippen molar-refractivity contribution in [2.24, 2.45) is 11.3 Å². The molecular formula is C17H27BrO3Si. The molecule has 0 bridgehead atoms. The summed E-state index contributed by atoms with van der Waals surface area (Å²) in [5.74, 6) is 2.95. The van der Waals surface area contributed by atoms with Gasteiger partial charge in [-0.3, -0.25) is 9.59 Å². The second kappa shape index (κ2) is 8.31. The highest BCUT2D eigenvalue weighted by molar-refractivity contribution is 9.09. The molecule has 0 amide bonds. The molecule has 1 aliphatic rings. The normalized spacial score (nSPS) is 25.3. The summed E-state index contributed by atoms with van der Waals surface area (Å²) >= 11 is 3.41. The average molecular weight is 387 g/mol. The van der Waals surface area contributed by atoms with Crippen LogP contribution in [0.25, 0.3) is 0 Å². The maximum atomic E-state index is 12.5. The fraction of sp³-hybridized carbons (Fsp3) is 0.765. The number of carbonyl (C=O) groups excluding carboxylic acids is 2. The highest BCUT2D eigenvalue weighted by atomic mass is 79.9. The van der Waals surface area contributed by atoms with E-state index in [4.69, 9.17) is 4.74 Å². The highest BCUT2D eigenvalue weighted by Gasteiger charge is 2.53. The number of ether oxygens (including phenoxy) is 1. The van der Waals surface area contributed by atoms with Crippen molar-refractivity contribution < 1.29 is 14.3 Å². The third-order valence-electron chi connectivity index (χ3n) is 4.08. The molecule has 1 saturated carbocycles. The average Bonchev–Trinajstić information content (AvgIpc) is 2.43. The number of halogens is 1. The van der Waals surface area contributed by atoms with E-state index in [1.807, 2.05) is 0 Å². The molecule has 22 heavy (non-hydrogen) atoms. The molecule has 0 N–H and O–H groups in total. The summed E-state index contributed by atoms with van der Waals surface area (Å²) in [4.78, 5) is 25.0. The van der Waals surface area contributed by atoms with E-state index in [0.717, 1.165) is 25.7 Å². The first-order valence-corrected chi connectivity index (χ1v) is 12.7. The van der Waals surface area contributed by atoms with Gasteiger partial charge in [0.1, 0.15) is 13.5 Å². The molecule has 3 nitrogen and oxygen atoms in total. The molecule has 2 atom stereocenters. The van der Waals surface area contributed by atoms with Crippen LogP contribution >= 0.6 is 15.9 Å². The first-order chi connectivity index (χ1) is 10.3. The minimum atomic E-state index is -1.36. The van der Waals surface area contributed by atoms with Crippen molar-refractivity contribution in [1.29, 1.82) is 0 Å². The molecule has 0 aromatic rings. The Labute approximate surface area is 143 Å². The molecule has 0 saturated heterocycles. The maximum Gasteiger partial charge on any atom is 0.320 e. The lowest BCUT2D eigenvalue weighted by Gasteiger charge is -2.39. The number of alkyl halides is 1. The van der Waals surface area contributed by atoms with Gasteiger partial charge in [-0.1, -0.05) is 35.6 Å². The second-order valence-corrected chi connectivity index (χ2v) is 12.2. The van der Waals surface area contributed by atoms with Crippen molar-refractivity contribution >= 4 is 35.8 Å². The van der Waals surface area contributed by atoms with Crippen LogP contribution < -0.4 is 0 Å². The molecule has 1 aliphatic carbocycles. The first-order valence-electron chi connectivity index (χ1n) is 8.04. The summed E-state index contributed by atoms with van der Waals surface area (Å²) in [6, 6.07) is 0. The molecule has 5 heteroatoms. The fourth-order valence-electron chi connectivity index (χ4n) is 2.95. The summed E-state index contributed by atoms with van der Waals surface area (Å²) in [5, 5.41) is 0.351. The van der Waals surface area contributed by atoms with Crippen molar-refractivity contribution in [3.8, 4) is 11.5 Å². The SMILES string of the molecule is CCOC(=O)[C@@]1(CBr)C(=O)CCC[C@H]1CCC#C[Si](C)(C)C. The maximum absolute atomic E-state index is 12.5. The number of rotatable bonds is 5. The van der Waals surface area contributed by atoms with E-state index in [0.29, 0.717) is 18.4 Å². The Hall–Kier alpha value is -0.603. The zero-order valence-corrected chi connectivity index (χ0v) is 16.7. The Bertz CT molecular complexity index is 473. The molecule has 1 fully saturated rings. The number of Topliss-reactive ketones (excluding diaryl/α,β-unsaturated/α-hetero) is 1. The van der Waals surface area contributed by atoms with Gasteiger partial charge < -0.3 is 4.74 Å². The van der Waals surface area contributed by atoms with Crippen molar-refractivity contribution in [3.05, 3.63) is 0 Å². The molecule has 124 valence electrons. The van der Waals surface area contributed by atoms with Gasteiger partial charge in [-0.25, -0.2) is 0 Å². The van der Waals surface area contributed by atoms with E-state index in [1.54, 1.807) is 6.92 Å². The zero-order valence-electron chi connectivity index (χ0n) is 14.1.